The summed E-state index contributed by atoms with van der Waals surface area (Å²) in [5.41, 5.74) is 1.62. The van der Waals surface area contributed by atoms with Crippen LogP contribution in [0.4, 0.5) is 0 Å². The molecule has 1 aliphatic rings. The molecule has 0 amide bonds. The molecule has 1 aliphatic heterocycles. The average Bonchev–Trinajstić information content (AvgIpc) is 2.71. The van der Waals surface area contributed by atoms with E-state index in [0.717, 1.165) is 30.0 Å². The molecule has 4 heteroatoms. The van der Waals surface area contributed by atoms with Crippen molar-refractivity contribution >= 4 is 0 Å². The zero-order chi connectivity index (χ0) is 10.7. The predicted octanol–water partition coefficient (Wildman–Crippen LogP) is 1.05. The van der Waals surface area contributed by atoms with Crippen LogP contribution < -0.4 is 4.74 Å². The molecule has 0 bridgehead atoms. The number of ether oxygens (including phenoxy) is 2. The van der Waals surface area contributed by atoms with Gasteiger partial charge in [0.15, 0.2) is 0 Å². The average molecular weight is 209 g/mol. The number of aryl methyl sites for hydroxylation is 1. The maximum absolute atomic E-state index is 9.13. The highest BCUT2D eigenvalue weighted by Crippen LogP contribution is 2.22. The van der Waals surface area contributed by atoms with E-state index in [9.17, 15) is 0 Å². The van der Waals surface area contributed by atoms with E-state index >= 15 is 0 Å². The third kappa shape index (κ3) is 2.46. The Hall–Kier alpha value is -1.13. The van der Waals surface area contributed by atoms with E-state index in [1.165, 1.54) is 0 Å². The van der Waals surface area contributed by atoms with Gasteiger partial charge in [-0.1, -0.05) is 0 Å². The van der Waals surface area contributed by atoms with Crippen molar-refractivity contribution < 1.29 is 14.6 Å². The Morgan fingerprint density at radius 3 is 3.20 bits per heavy atom. The number of aliphatic hydroxyl groups is 1. The summed E-state index contributed by atoms with van der Waals surface area (Å²) in [5.74, 6) is 0.723. The Morgan fingerprint density at radius 1 is 1.67 bits per heavy atom. The summed E-state index contributed by atoms with van der Waals surface area (Å²) in [5, 5.41) is 9.13. The van der Waals surface area contributed by atoms with Crippen molar-refractivity contribution in [3.63, 3.8) is 0 Å². The van der Waals surface area contributed by atoms with Gasteiger partial charge in [0.25, 0.3) is 0 Å². The lowest BCUT2D eigenvalue weighted by molar-refractivity contribution is 0.138. The van der Waals surface area contributed by atoms with E-state index in [0.29, 0.717) is 6.61 Å². The Balaban J connectivity index is 2.14. The van der Waals surface area contributed by atoms with Gasteiger partial charge in [-0.3, -0.25) is 4.98 Å². The zero-order valence-corrected chi connectivity index (χ0v) is 8.77. The molecule has 15 heavy (non-hydrogen) atoms. The van der Waals surface area contributed by atoms with Crippen LogP contribution in [0.15, 0.2) is 12.3 Å². The highest BCUT2D eigenvalue weighted by atomic mass is 16.5. The van der Waals surface area contributed by atoms with Crippen molar-refractivity contribution in [1.29, 1.82) is 0 Å². The van der Waals surface area contributed by atoms with Gasteiger partial charge in [0.1, 0.15) is 11.9 Å². The molecule has 0 aliphatic carbocycles. The van der Waals surface area contributed by atoms with Gasteiger partial charge in [-0.05, 0) is 6.92 Å². The number of pyridine rings is 1. The van der Waals surface area contributed by atoms with Gasteiger partial charge in [0.05, 0.1) is 19.8 Å². The second-order valence-electron chi connectivity index (χ2n) is 3.69. The first kappa shape index (κ1) is 10.4. The van der Waals surface area contributed by atoms with Gasteiger partial charge in [-0.2, -0.15) is 0 Å². The van der Waals surface area contributed by atoms with E-state index in [4.69, 9.17) is 14.6 Å². The molecule has 0 spiro atoms. The zero-order valence-electron chi connectivity index (χ0n) is 8.77. The maximum atomic E-state index is 9.13. The quantitative estimate of drug-likeness (QED) is 0.808. The van der Waals surface area contributed by atoms with E-state index in [-0.39, 0.29) is 12.7 Å². The molecular weight excluding hydrogens is 194 g/mol. The summed E-state index contributed by atoms with van der Waals surface area (Å²) in [6.45, 7) is 3.24. The van der Waals surface area contributed by atoms with Gasteiger partial charge in [-0.15, -0.1) is 0 Å². The fourth-order valence-corrected chi connectivity index (χ4v) is 1.58. The minimum Gasteiger partial charge on any atom is -0.487 e. The lowest BCUT2D eigenvalue weighted by atomic mass is 10.2. The second kappa shape index (κ2) is 4.59. The molecule has 4 nitrogen and oxygen atoms in total. The first-order valence-corrected chi connectivity index (χ1v) is 5.10. The van der Waals surface area contributed by atoms with Gasteiger partial charge >= 0.3 is 0 Å². The second-order valence-corrected chi connectivity index (χ2v) is 3.69. The fraction of sp³-hybridized carbons (Fsp3) is 0.545. The molecule has 1 fully saturated rings. The van der Waals surface area contributed by atoms with Gasteiger partial charge in [0.2, 0.25) is 0 Å². The molecule has 1 unspecified atom stereocenters. The fourth-order valence-electron chi connectivity index (χ4n) is 1.58. The van der Waals surface area contributed by atoms with Gasteiger partial charge in [-0.25, -0.2) is 0 Å². The standard InChI is InChI=1S/C11H15NO3/c1-8-4-11(9(6-13)5-12-8)15-10-2-3-14-7-10/h4-5,10,13H,2-3,6-7H2,1H3. The van der Waals surface area contributed by atoms with E-state index < -0.39 is 0 Å². The molecule has 0 aromatic carbocycles. The number of aliphatic hydroxyl groups excluding tert-OH is 1. The molecule has 0 saturated carbocycles. The van der Waals surface area contributed by atoms with Gasteiger partial charge in [0, 0.05) is 29.9 Å². The predicted molar refractivity (Wildman–Crippen MR) is 54.7 cm³/mol. The highest BCUT2D eigenvalue weighted by molar-refractivity contribution is 5.32. The maximum Gasteiger partial charge on any atom is 0.128 e. The van der Waals surface area contributed by atoms with Crippen molar-refractivity contribution in [3.8, 4) is 5.75 Å². The van der Waals surface area contributed by atoms with Crippen molar-refractivity contribution in [2.45, 2.75) is 26.1 Å². The molecule has 82 valence electrons. The molecule has 1 saturated heterocycles. The summed E-state index contributed by atoms with van der Waals surface area (Å²) >= 11 is 0. The topological polar surface area (TPSA) is 51.6 Å². The van der Waals surface area contributed by atoms with Crippen LogP contribution in [0.5, 0.6) is 5.75 Å². The summed E-state index contributed by atoms with van der Waals surface area (Å²) in [6, 6.07) is 1.85. The van der Waals surface area contributed by atoms with Crippen LogP contribution in [-0.4, -0.2) is 29.4 Å². The molecular formula is C11H15NO3. The van der Waals surface area contributed by atoms with Crippen LogP contribution in [-0.2, 0) is 11.3 Å². The Labute approximate surface area is 88.9 Å². The first-order valence-electron chi connectivity index (χ1n) is 5.10. The smallest absolute Gasteiger partial charge is 0.128 e. The van der Waals surface area contributed by atoms with Crippen molar-refractivity contribution in [2.75, 3.05) is 13.2 Å². The van der Waals surface area contributed by atoms with Crippen LogP contribution >= 0.6 is 0 Å². The number of hydrogen-bond acceptors (Lipinski definition) is 4. The molecule has 1 atom stereocenters. The summed E-state index contributed by atoms with van der Waals surface area (Å²) < 4.78 is 11.0. The Bertz CT molecular complexity index is 335. The first-order chi connectivity index (χ1) is 7.29. The van der Waals surface area contributed by atoms with E-state index in [2.05, 4.69) is 4.98 Å². The summed E-state index contributed by atoms with van der Waals surface area (Å²) in [7, 11) is 0. The monoisotopic (exact) mass is 209 g/mol. The molecule has 0 radical (unpaired) electrons. The van der Waals surface area contributed by atoms with E-state index in [1.807, 2.05) is 13.0 Å². The number of rotatable bonds is 3. The highest BCUT2D eigenvalue weighted by Gasteiger charge is 2.18. The van der Waals surface area contributed by atoms with Crippen molar-refractivity contribution in [2.24, 2.45) is 0 Å². The molecule has 2 rings (SSSR count). The Kier molecular flexibility index (Phi) is 3.18. The lowest BCUT2D eigenvalue weighted by Crippen LogP contribution is -2.16. The largest absolute Gasteiger partial charge is 0.487 e. The van der Waals surface area contributed by atoms with Crippen LogP contribution in [0.1, 0.15) is 17.7 Å². The summed E-state index contributed by atoms with van der Waals surface area (Å²) in [6.07, 6.45) is 2.67. The third-order valence-corrected chi connectivity index (χ3v) is 2.43. The SMILES string of the molecule is Cc1cc(OC2CCOC2)c(CO)cn1. The molecule has 2 heterocycles. The van der Waals surface area contributed by atoms with Crippen LogP contribution in [0.2, 0.25) is 0 Å². The molecule has 1 aromatic heterocycles. The van der Waals surface area contributed by atoms with Gasteiger partial charge < -0.3 is 14.6 Å². The normalized spacial score (nSPS) is 20.5. The minimum atomic E-state index is -0.0454. The van der Waals surface area contributed by atoms with Crippen molar-refractivity contribution in [1.82, 2.24) is 4.98 Å². The van der Waals surface area contributed by atoms with Crippen LogP contribution in [0, 0.1) is 6.92 Å². The Morgan fingerprint density at radius 2 is 2.53 bits per heavy atom. The minimum absolute atomic E-state index is 0.0454. The van der Waals surface area contributed by atoms with Crippen LogP contribution in [0.25, 0.3) is 0 Å². The number of aromatic nitrogens is 1. The third-order valence-electron chi connectivity index (χ3n) is 2.43. The number of nitrogens with zero attached hydrogens (tertiary/aromatic N) is 1. The molecule has 1 N–H and O–H groups in total. The number of hydrogen-bond donors (Lipinski definition) is 1. The van der Waals surface area contributed by atoms with Crippen LogP contribution in [0.3, 0.4) is 0 Å². The lowest BCUT2D eigenvalue weighted by Gasteiger charge is -2.14. The van der Waals surface area contributed by atoms with Crippen molar-refractivity contribution in [3.05, 3.63) is 23.5 Å². The summed E-state index contributed by atoms with van der Waals surface area (Å²) in [4.78, 5) is 4.11. The van der Waals surface area contributed by atoms with E-state index in [1.54, 1.807) is 6.20 Å². The molecule has 1 aromatic rings.